The molecule has 0 radical (unpaired) electrons. The maximum Gasteiger partial charge on any atom is 0.257 e. The van der Waals surface area contributed by atoms with Gasteiger partial charge in [-0.05, 0) is 80.9 Å². The molecule has 6 heteroatoms. The Morgan fingerprint density at radius 1 is 1.03 bits per heavy atom. The van der Waals surface area contributed by atoms with Crippen molar-refractivity contribution in [1.29, 1.82) is 0 Å². The van der Waals surface area contributed by atoms with Gasteiger partial charge in [0.25, 0.3) is 5.91 Å². The molecule has 1 N–H and O–H groups in total. The van der Waals surface area contributed by atoms with Gasteiger partial charge < -0.3 is 14.8 Å². The molecule has 1 heterocycles. The fourth-order valence-corrected chi connectivity index (χ4v) is 3.00. The molecule has 30 heavy (non-hydrogen) atoms. The molecule has 0 saturated heterocycles. The van der Waals surface area contributed by atoms with Gasteiger partial charge in [-0.15, -0.1) is 0 Å². The van der Waals surface area contributed by atoms with Crippen molar-refractivity contribution < 1.29 is 14.3 Å². The number of amides is 1. The van der Waals surface area contributed by atoms with Crippen LogP contribution in [0, 0.1) is 6.92 Å². The number of benzene rings is 2. The Balaban J connectivity index is 1.63. The summed E-state index contributed by atoms with van der Waals surface area (Å²) in [6.07, 6.45) is 0.849. The summed E-state index contributed by atoms with van der Waals surface area (Å²) in [5.74, 6) is 1.15. The minimum Gasteiger partial charge on any atom is -0.457 e. The van der Waals surface area contributed by atoms with Crippen molar-refractivity contribution in [2.75, 3.05) is 11.9 Å². The second kappa shape index (κ2) is 10.2. The SMILES string of the molecule is CCCOC(C)c1ccc(C(=O)Nc2ccc(Oc3ccc(Cl)cc3)cc2)c(C)n1. The van der Waals surface area contributed by atoms with E-state index in [2.05, 4.69) is 17.2 Å². The number of aromatic nitrogens is 1. The van der Waals surface area contributed by atoms with Gasteiger partial charge >= 0.3 is 0 Å². The molecule has 0 saturated carbocycles. The molecule has 1 amide bonds. The van der Waals surface area contributed by atoms with Gasteiger partial charge in [0.1, 0.15) is 11.5 Å². The molecule has 3 aromatic rings. The van der Waals surface area contributed by atoms with Crippen LogP contribution in [-0.4, -0.2) is 17.5 Å². The number of rotatable bonds is 8. The van der Waals surface area contributed by atoms with E-state index in [-0.39, 0.29) is 12.0 Å². The van der Waals surface area contributed by atoms with E-state index in [9.17, 15) is 4.79 Å². The summed E-state index contributed by atoms with van der Waals surface area (Å²) < 4.78 is 11.5. The Kier molecular flexibility index (Phi) is 7.44. The number of nitrogens with one attached hydrogen (secondary N) is 1. The van der Waals surface area contributed by atoms with Gasteiger partial charge in [0.15, 0.2) is 0 Å². The molecular weight excluding hydrogens is 400 g/mol. The number of aryl methyl sites for hydroxylation is 1. The van der Waals surface area contributed by atoms with Crippen molar-refractivity contribution >= 4 is 23.2 Å². The summed E-state index contributed by atoms with van der Waals surface area (Å²) in [6, 6.07) is 17.9. The minimum atomic E-state index is -0.208. The molecule has 2 aromatic carbocycles. The van der Waals surface area contributed by atoms with Gasteiger partial charge in [-0.2, -0.15) is 0 Å². The van der Waals surface area contributed by atoms with E-state index in [4.69, 9.17) is 21.1 Å². The van der Waals surface area contributed by atoms with Crippen LogP contribution >= 0.6 is 11.6 Å². The molecule has 0 spiro atoms. The predicted molar refractivity (Wildman–Crippen MR) is 120 cm³/mol. The lowest BCUT2D eigenvalue weighted by Crippen LogP contribution is -2.15. The normalized spacial score (nSPS) is 11.7. The highest BCUT2D eigenvalue weighted by atomic mass is 35.5. The lowest BCUT2D eigenvalue weighted by Gasteiger charge is -2.14. The molecule has 0 aliphatic rings. The van der Waals surface area contributed by atoms with E-state index in [1.165, 1.54) is 0 Å². The van der Waals surface area contributed by atoms with Gasteiger partial charge in [-0.1, -0.05) is 18.5 Å². The summed E-state index contributed by atoms with van der Waals surface area (Å²) >= 11 is 5.88. The molecule has 0 aliphatic heterocycles. The minimum absolute atomic E-state index is 0.103. The summed E-state index contributed by atoms with van der Waals surface area (Å²) in [5, 5.41) is 3.55. The first-order valence-corrected chi connectivity index (χ1v) is 10.3. The lowest BCUT2D eigenvalue weighted by atomic mass is 10.1. The number of ether oxygens (including phenoxy) is 2. The number of anilines is 1. The topological polar surface area (TPSA) is 60.5 Å². The van der Waals surface area contributed by atoms with E-state index in [1.54, 1.807) is 54.6 Å². The highest BCUT2D eigenvalue weighted by Gasteiger charge is 2.14. The maximum atomic E-state index is 12.7. The summed E-state index contributed by atoms with van der Waals surface area (Å²) in [6.45, 7) is 6.54. The number of carbonyl (C=O) groups excluding carboxylic acids is 1. The quantitative estimate of drug-likeness (QED) is 0.444. The van der Waals surface area contributed by atoms with Crippen LogP contribution in [0.3, 0.4) is 0 Å². The first-order chi connectivity index (χ1) is 14.5. The molecular formula is C24H25ClN2O3. The molecule has 0 fully saturated rings. The highest BCUT2D eigenvalue weighted by Crippen LogP contribution is 2.25. The van der Waals surface area contributed by atoms with E-state index in [0.29, 0.717) is 40.1 Å². The number of hydrogen-bond donors (Lipinski definition) is 1. The molecule has 1 atom stereocenters. The first kappa shape index (κ1) is 21.8. The fraction of sp³-hybridized carbons (Fsp3) is 0.250. The third-order valence-corrected chi connectivity index (χ3v) is 4.75. The number of pyridine rings is 1. The van der Waals surface area contributed by atoms with Gasteiger partial charge in [-0.3, -0.25) is 9.78 Å². The largest absolute Gasteiger partial charge is 0.457 e. The first-order valence-electron chi connectivity index (χ1n) is 9.90. The molecule has 0 aliphatic carbocycles. The predicted octanol–water partition coefficient (Wildman–Crippen LogP) is 6.58. The number of halogens is 1. The van der Waals surface area contributed by atoms with Crippen LogP contribution in [0.5, 0.6) is 11.5 Å². The van der Waals surface area contributed by atoms with Gasteiger partial charge in [0, 0.05) is 17.3 Å². The van der Waals surface area contributed by atoms with E-state index >= 15 is 0 Å². The Bertz CT molecular complexity index is 988. The van der Waals surface area contributed by atoms with Crippen molar-refractivity contribution in [3.05, 3.63) is 82.6 Å². The molecule has 1 aromatic heterocycles. The summed E-state index contributed by atoms with van der Waals surface area (Å²) in [7, 11) is 0. The second-order valence-electron chi connectivity index (χ2n) is 6.92. The summed E-state index contributed by atoms with van der Waals surface area (Å²) in [4.78, 5) is 17.2. The van der Waals surface area contributed by atoms with Crippen LogP contribution < -0.4 is 10.1 Å². The van der Waals surface area contributed by atoms with Crippen molar-refractivity contribution in [1.82, 2.24) is 4.98 Å². The Labute approximate surface area is 182 Å². The van der Waals surface area contributed by atoms with Crippen LogP contribution in [0.4, 0.5) is 5.69 Å². The highest BCUT2D eigenvalue weighted by molar-refractivity contribution is 6.30. The van der Waals surface area contributed by atoms with Crippen LogP contribution in [0.1, 0.15) is 48.1 Å². The zero-order valence-corrected chi connectivity index (χ0v) is 18.1. The Hall–Kier alpha value is -2.89. The third kappa shape index (κ3) is 5.81. The third-order valence-electron chi connectivity index (χ3n) is 4.50. The second-order valence-corrected chi connectivity index (χ2v) is 7.35. The monoisotopic (exact) mass is 424 g/mol. The molecule has 0 bridgehead atoms. The average Bonchev–Trinajstić information content (AvgIpc) is 2.74. The average molecular weight is 425 g/mol. The van der Waals surface area contributed by atoms with Gasteiger partial charge in [0.05, 0.1) is 23.1 Å². The zero-order chi connectivity index (χ0) is 21.5. The van der Waals surface area contributed by atoms with Crippen molar-refractivity contribution in [3.63, 3.8) is 0 Å². The smallest absolute Gasteiger partial charge is 0.257 e. The van der Waals surface area contributed by atoms with E-state index < -0.39 is 0 Å². The molecule has 1 unspecified atom stereocenters. The van der Waals surface area contributed by atoms with Crippen molar-refractivity contribution in [3.8, 4) is 11.5 Å². The van der Waals surface area contributed by atoms with E-state index in [1.807, 2.05) is 19.9 Å². The van der Waals surface area contributed by atoms with Crippen molar-refractivity contribution in [2.24, 2.45) is 0 Å². The van der Waals surface area contributed by atoms with Crippen LogP contribution in [-0.2, 0) is 4.74 Å². The zero-order valence-electron chi connectivity index (χ0n) is 17.3. The molecule has 3 rings (SSSR count). The van der Waals surface area contributed by atoms with E-state index in [0.717, 1.165) is 12.1 Å². The van der Waals surface area contributed by atoms with Crippen molar-refractivity contribution in [2.45, 2.75) is 33.3 Å². The Morgan fingerprint density at radius 2 is 1.67 bits per heavy atom. The van der Waals surface area contributed by atoms with Crippen LogP contribution in [0.15, 0.2) is 60.7 Å². The number of nitrogens with zero attached hydrogens (tertiary/aromatic N) is 1. The van der Waals surface area contributed by atoms with Gasteiger partial charge in [0.2, 0.25) is 0 Å². The van der Waals surface area contributed by atoms with Crippen LogP contribution in [0.25, 0.3) is 0 Å². The lowest BCUT2D eigenvalue weighted by molar-refractivity contribution is 0.0632. The van der Waals surface area contributed by atoms with Gasteiger partial charge in [-0.25, -0.2) is 0 Å². The molecule has 156 valence electrons. The number of carbonyl (C=O) groups is 1. The number of hydrogen-bond acceptors (Lipinski definition) is 4. The Morgan fingerprint density at radius 3 is 2.27 bits per heavy atom. The van der Waals surface area contributed by atoms with Crippen LogP contribution in [0.2, 0.25) is 5.02 Å². The molecule has 5 nitrogen and oxygen atoms in total. The maximum absolute atomic E-state index is 12.7. The summed E-state index contributed by atoms with van der Waals surface area (Å²) in [5.41, 5.74) is 2.69. The standard InChI is InChI=1S/C24H25ClN2O3/c1-4-15-29-17(3)23-14-13-22(16(2)26-23)24(28)27-19-7-11-21(12-8-19)30-20-9-5-18(25)6-10-20/h5-14,17H,4,15H2,1-3H3,(H,27,28). The fourth-order valence-electron chi connectivity index (χ4n) is 2.87.